The summed E-state index contributed by atoms with van der Waals surface area (Å²) >= 11 is 5.63. The summed E-state index contributed by atoms with van der Waals surface area (Å²) in [7, 11) is 1.50. The highest BCUT2D eigenvalue weighted by molar-refractivity contribution is 7.80. The number of carbonyl (C=O) groups excluding carboxylic acids is 1. The van der Waals surface area contributed by atoms with E-state index in [2.05, 4.69) is 5.32 Å². The number of nitro benzene ring substituents is 1. The van der Waals surface area contributed by atoms with E-state index in [0.29, 0.717) is 16.4 Å². The number of methoxy groups -OCH3 is 1. The first-order valence-electron chi connectivity index (χ1n) is 10.2. The summed E-state index contributed by atoms with van der Waals surface area (Å²) < 4.78 is 10.4. The Morgan fingerprint density at radius 2 is 1.85 bits per heavy atom. The number of allylic oxidation sites excluding steroid dienone is 1. The molecule has 0 aliphatic carbocycles. The van der Waals surface area contributed by atoms with Crippen LogP contribution in [0.3, 0.4) is 0 Å². The van der Waals surface area contributed by atoms with Crippen molar-refractivity contribution in [2.24, 2.45) is 0 Å². The molecule has 2 aromatic rings. The SMILES string of the molecule is COCCOC(=O)C1=C(C)N(c2cc(C)cc(C)c2)C(=S)NC1c1ccc(O)c([N+](=O)[O-])c1. The zero-order chi connectivity index (χ0) is 24.3. The number of hydrogen-bond acceptors (Lipinski definition) is 7. The second-order valence-electron chi connectivity index (χ2n) is 7.70. The molecule has 0 aromatic heterocycles. The third-order valence-electron chi connectivity index (χ3n) is 5.22. The van der Waals surface area contributed by atoms with Crippen molar-refractivity contribution >= 4 is 34.7 Å². The van der Waals surface area contributed by atoms with Crippen molar-refractivity contribution in [3.63, 3.8) is 0 Å². The summed E-state index contributed by atoms with van der Waals surface area (Å²) in [4.78, 5) is 25.5. The molecule has 9 nitrogen and oxygen atoms in total. The quantitative estimate of drug-likeness (QED) is 0.204. The lowest BCUT2D eigenvalue weighted by atomic mass is 9.94. The second kappa shape index (κ2) is 9.97. The number of nitrogens with zero attached hydrogens (tertiary/aromatic N) is 2. The fourth-order valence-electron chi connectivity index (χ4n) is 3.81. The monoisotopic (exact) mass is 471 g/mol. The predicted octanol–water partition coefficient (Wildman–Crippen LogP) is 3.82. The molecule has 0 saturated heterocycles. The van der Waals surface area contributed by atoms with Gasteiger partial charge < -0.3 is 19.9 Å². The topological polar surface area (TPSA) is 114 Å². The van der Waals surface area contributed by atoms with Crippen molar-refractivity contribution in [1.82, 2.24) is 5.32 Å². The zero-order valence-electron chi connectivity index (χ0n) is 18.7. The molecule has 0 radical (unpaired) electrons. The van der Waals surface area contributed by atoms with Gasteiger partial charge >= 0.3 is 11.7 Å². The maximum Gasteiger partial charge on any atom is 0.338 e. The highest BCUT2D eigenvalue weighted by atomic mass is 32.1. The number of ether oxygens (including phenoxy) is 2. The molecule has 0 fully saturated rings. The van der Waals surface area contributed by atoms with E-state index in [4.69, 9.17) is 21.7 Å². The van der Waals surface area contributed by atoms with Crippen LogP contribution in [0.25, 0.3) is 0 Å². The molecular formula is C23H25N3O6S. The number of nitro groups is 1. The summed E-state index contributed by atoms with van der Waals surface area (Å²) in [5.74, 6) is -1.07. The smallest absolute Gasteiger partial charge is 0.338 e. The van der Waals surface area contributed by atoms with E-state index in [9.17, 15) is 20.0 Å². The van der Waals surface area contributed by atoms with Gasteiger partial charge in [0, 0.05) is 24.6 Å². The highest BCUT2D eigenvalue weighted by Crippen LogP contribution is 2.37. The van der Waals surface area contributed by atoms with Crippen LogP contribution in [-0.4, -0.2) is 41.4 Å². The molecule has 2 aromatic carbocycles. The normalized spacial score (nSPS) is 15.9. The third kappa shape index (κ3) is 5.12. The lowest BCUT2D eigenvalue weighted by Gasteiger charge is -2.37. The molecule has 0 amide bonds. The van der Waals surface area contributed by atoms with Gasteiger partial charge in [-0.15, -0.1) is 0 Å². The molecule has 3 rings (SSSR count). The van der Waals surface area contributed by atoms with Crippen LogP contribution >= 0.6 is 12.2 Å². The van der Waals surface area contributed by atoms with Gasteiger partial charge in [0.25, 0.3) is 0 Å². The Morgan fingerprint density at radius 1 is 1.18 bits per heavy atom. The first kappa shape index (κ1) is 24.1. The second-order valence-corrected chi connectivity index (χ2v) is 8.08. The lowest BCUT2D eigenvalue weighted by Crippen LogP contribution is -2.48. The number of anilines is 1. The van der Waals surface area contributed by atoms with Gasteiger partial charge in [-0.2, -0.15) is 0 Å². The van der Waals surface area contributed by atoms with Crippen LogP contribution in [0.15, 0.2) is 47.7 Å². The summed E-state index contributed by atoms with van der Waals surface area (Å²) in [6, 6.07) is 9.06. The van der Waals surface area contributed by atoms with E-state index < -0.39 is 28.4 Å². The van der Waals surface area contributed by atoms with Crippen LogP contribution in [0.5, 0.6) is 5.75 Å². The number of thiocarbonyl (C=S) groups is 1. The minimum absolute atomic E-state index is 0.0442. The standard InChI is InChI=1S/C23H25N3O6S/c1-13-9-14(2)11-17(10-13)25-15(3)20(22(28)32-8-7-31-4)21(24-23(25)33)16-5-6-19(27)18(12-16)26(29)30/h5-6,9-12,21,27H,7-8H2,1-4H3,(H,24,33). The van der Waals surface area contributed by atoms with Crippen molar-refractivity contribution in [3.8, 4) is 5.75 Å². The molecule has 1 aliphatic rings. The number of aryl methyl sites for hydroxylation is 2. The molecule has 0 bridgehead atoms. The first-order chi connectivity index (χ1) is 15.6. The van der Waals surface area contributed by atoms with Crippen molar-refractivity contribution < 1.29 is 24.3 Å². The minimum atomic E-state index is -0.811. The highest BCUT2D eigenvalue weighted by Gasteiger charge is 2.36. The molecule has 10 heteroatoms. The van der Waals surface area contributed by atoms with E-state index >= 15 is 0 Å². The number of aromatic hydroxyl groups is 1. The number of benzene rings is 2. The molecule has 0 spiro atoms. The van der Waals surface area contributed by atoms with Crippen molar-refractivity contribution in [2.75, 3.05) is 25.2 Å². The predicted molar refractivity (Wildman–Crippen MR) is 127 cm³/mol. The molecule has 1 unspecified atom stereocenters. The summed E-state index contributed by atoms with van der Waals surface area (Å²) in [6.07, 6.45) is 0. The van der Waals surface area contributed by atoms with Crippen LogP contribution < -0.4 is 10.2 Å². The van der Waals surface area contributed by atoms with Gasteiger partial charge in [-0.3, -0.25) is 15.0 Å². The van der Waals surface area contributed by atoms with Crippen LogP contribution in [0.2, 0.25) is 0 Å². The Morgan fingerprint density at radius 3 is 2.45 bits per heavy atom. The molecule has 33 heavy (non-hydrogen) atoms. The van der Waals surface area contributed by atoms with Gasteiger partial charge in [0.05, 0.1) is 23.1 Å². The Kier molecular flexibility index (Phi) is 7.29. The molecule has 0 saturated carbocycles. The fourth-order valence-corrected chi connectivity index (χ4v) is 4.17. The molecule has 2 N–H and O–H groups in total. The molecular weight excluding hydrogens is 446 g/mol. The lowest BCUT2D eigenvalue weighted by molar-refractivity contribution is -0.385. The van der Waals surface area contributed by atoms with E-state index in [1.165, 1.54) is 25.3 Å². The Balaban J connectivity index is 2.15. The number of phenols is 1. The molecule has 174 valence electrons. The van der Waals surface area contributed by atoms with E-state index in [1.54, 1.807) is 11.8 Å². The van der Waals surface area contributed by atoms with E-state index in [-0.39, 0.29) is 18.8 Å². The number of phenolic OH excluding ortho intramolecular Hbond substituents is 1. The number of esters is 1. The average Bonchev–Trinajstić information content (AvgIpc) is 2.73. The maximum absolute atomic E-state index is 13.1. The largest absolute Gasteiger partial charge is 0.502 e. The van der Waals surface area contributed by atoms with Gasteiger partial charge in [-0.25, -0.2) is 4.79 Å². The van der Waals surface area contributed by atoms with Gasteiger partial charge in [-0.05, 0) is 67.9 Å². The Hall–Kier alpha value is -3.50. The van der Waals surface area contributed by atoms with Crippen LogP contribution in [0, 0.1) is 24.0 Å². The maximum atomic E-state index is 13.1. The molecule has 1 atom stereocenters. The number of carbonyl (C=O) groups is 1. The number of rotatable bonds is 7. The van der Waals surface area contributed by atoms with Crippen LogP contribution in [-0.2, 0) is 14.3 Å². The number of hydrogen-bond donors (Lipinski definition) is 2. The zero-order valence-corrected chi connectivity index (χ0v) is 19.6. The van der Waals surface area contributed by atoms with Gasteiger partial charge in [0.2, 0.25) is 0 Å². The van der Waals surface area contributed by atoms with Gasteiger partial charge in [0.1, 0.15) is 6.61 Å². The summed E-state index contributed by atoms with van der Waals surface area (Å²) in [5, 5.41) is 24.7. The van der Waals surface area contributed by atoms with Crippen molar-refractivity contribution in [3.05, 3.63) is 74.5 Å². The van der Waals surface area contributed by atoms with E-state index in [1.807, 2.05) is 32.0 Å². The average molecular weight is 472 g/mol. The van der Waals surface area contributed by atoms with Crippen molar-refractivity contribution in [2.45, 2.75) is 26.8 Å². The Bertz CT molecular complexity index is 1130. The van der Waals surface area contributed by atoms with Crippen LogP contribution in [0.4, 0.5) is 11.4 Å². The summed E-state index contributed by atoms with van der Waals surface area (Å²) in [6.45, 7) is 5.95. The number of nitrogens with one attached hydrogen (secondary N) is 1. The molecule has 1 aliphatic heterocycles. The minimum Gasteiger partial charge on any atom is -0.502 e. The third-order valence-corrected chi connectivity index (χ3v) is 5.52. The van der Waals surface area contributed by atoms with Gasteiger partial charge in [-0.1, -0.05) is 12.1 Å². The van der Waals surface area contributed by atoms with Crippen molar-refractivity contribution in [1.29, 1.82) is 0 Å². The van der Waals surface area contributed by atoms with Crippen LogP contribution in [0.1, 0.15) is 29.7 Å². The van der Waals surface area contributed by atoms with E-state index in [0.717, 1.165) is 16.8 Å². The van der Waals surface area contributed by atoms with Gasteiger partial charge in [0.15, 0.2) is 10.9 Å². The molecule has 1 heterocycles. The Labute approximate surface area is 196 Å². The first-order valence-corrected chi connectivity index (χ1v) is 10.6. The summed E-state index contributed by atoms with van der Waals surface area (Å²) in [5.41, 5.74) is 3.54. The fraction of sp³-hybridized carbons (Fsp3) is 0.304.